The molecule has 0 aliphatic heterocycles. The van der Waals surface area contributed by atoms with E-state index >= 15 is 0 Å². The molecule has 0 spiro atoms. The van der Waals surface area contributed by atoms with E-state index in [1.54, 1.807) is 0 Å². The average molecular weight is 263 g/mol. The Hall–Kier alpha value is -1.67. The molecule has 0 unspecified atom stereocenters. The second-order valence-electron chi connectivity index (χ2n) is 2.86. The summed E-state index contributed by atoms with van der Waals surface area (Å²) in [6.07, 6.45) is -4.10. The van der Waals surface area contributed by atoms with Crippen molar-refractivity contribution < 1.29 is 22.7 Å². The molecule has 0 aliphatic rings. The van der Waals surface area contributed by atoms with E-state index in [2.05, 4.69) is 16.6 Å². The third-order valence-corrected chi connectivity index (χ3v) is 1.90. The average Bonchev–Trinajstić information content (AvgIpc) is 2.19. The molecule has 0 saturated heterocycles. The molecule has 17 heavy (non-hydrogen) atoms. The summed E-state index contributed by atoms with van der Waals surface area (Å²) in [5, 5.41) is 0.0325. The lowest BCUT2D eigenvalue weighted by Gasteiger charge is -2.09. The number of ether oxygens (including phenoxy) is 1. The van der Waals surface area contributed by atoms with Crippen LogP contribution >= 0.6 is 11.6 Å². The summed E-state index contributed by atoms with van der Waals surface area (Å²) in [5.41, 5.74) is 0.336. The lowest BCUT2D eigenvalue weighted by atomic mass is 10.2. The highest BCUT2D eigenvalue weighted by Crippen LogP contribution is 2.27. The van der Waals surface area contributed by atoms with Crippen molar-refractivity contribution >= 4 is 17.9 Å². The Morgan fingerprint density at radius 1 is 1.41 bits per heavy atom. The summed E-state index contributed by atoms with van der Waals surface area (Å²) in [5.74, 6) is 4.63. The van der Waals surface area contributed by atoms with Gasteiger partial charge in [-0.2, -0.15) is 0 Å². The topological polar surface area (TPSA) is 26.3 Å². The van der Waals surface area contributed by atoms with Gasteiger partial charge in [0.05, 0.1) is 11.4 Å². The zero-order valence-corrected chi connectivity index (χ0v) is 9.10. The molecule has 0 heterocycles. The first-order valence-electron chi connectivity index (χ1n) is 4.40. The Morgan fingerprint density at radius 3 is 2.65 bits per heavy atom. The predicted molar refractivity (Wildman–Crippen MR) is 55.7 cm³/mol. The number of carbonyl (C=O) groups is 1. The SMILES string of the molecule is O=CCC#Cc1ccc(OC(F)(F)F)cc1Cl. The van der Waals surface area contributed by atoms with Crippen LogP contribution in [-0.4, -0.2) is 12.6 Å². The van der Waals surface area contributed by atoms with Gasteiger partial charge in [-0.1, -0.05) is 23.4 Å². The Morgan fingerprint density at radius 2 is 2.12 bits per heavy atom. The van der Waals surface area contributed by atoms with Gasteiger partial charge in [-0.3, -0.25) is 0 Å². The molecule has 90 valence electrons. The Labute approximate surface area is 100 Å². The molecule has 1 rings (SSSR count). The molecule has 0 amide bonds. The van der Waals surface area contributed by atoms with Crippen LogP contribution < -0.4 is 4.74 Å². The van der Waals surface area contributed by atoms with Gasteiger partial charge in [-0.15, -0.1) is 13.2 Å². The van der Waals surface area contributed by atoms with Crippen molar-refractivity contribution in [1.82, 2.24) is 0 Å². The third kappa shape index (κ3) is 4.79. The Kier molecular flexibility index (Phi) is 4.41. The fourth-order valence-electron chi connectivity index (χ4n) is 0.982. The van der Waals surface area contributed by atoms with Gasteiger partial charge in [-0.25, -0.2) is 0 Å². The van der Waals surface area contributed by atoms with E-state index in [-0.39, 0.29) is 11.4 Å². The van der Waals surface area contributed by atoms with Crippen molar-refractivity contribution in [2.45, 2.75) is 12.8 Å². The van der Waals surface area contributed by atoms with E-state index in [1.807, 2.05) is 0 Å². The molecule has 0 bridgehead atoms. The maximum atomic E-state index is 11.9. The minimum absolute atomic E-state index is 0.0325. The molecule has 6 heteroatoms. The number of alkyl halides is 3. The van der Waals surface area contributed by atoms with E-state index < -0.39 is 12.1 Å². The normalized spacial score (nSPS) is 10.4. The molecule has 1 aromatic rings. The molecule has 0 aliphatic carbocycles. The molecule has 1 aromatic carbocycles. The van der Waals surface area contributed by atoms with Gasteiger partial charge in [0, 0.05) is 11.6 Å². The smallest absolute Gasteiger partial charge is 0.406 e. The first-order valence-corrected chi connectivity index (χ1v) is 4.78. The number of hydrogen-bond acceptors (Lipinski definition) is 2. The third-order valence-electron chi connectivity index (χ3n) is 1.58. The Balaban J connectivity index is 2.87. The zero-order chi connectivity index (χ0) is 12.9. The number of hydrogen-bond donors (Lipinski definition) is 0. The maximum Gasteiger partial charge on any atom is 0.573 e. The van der Waals surface area contributed by atoms with E-state index in [0.29, 0.717) is 11.8 Å². The van der Waals surface area contributed by atoms with Gasteiger partial charge in [0.1, 0.15) is 12.0 Å². The van der Waals surface area contributed by atoms with Crippen molar-refractivity contribution in [1.29, 1.82) is 0 Å². The number of halogens is 4. The van der Waals surface area contributed by atoms with Crippen molar-refractivity contribution in [3.05, 3.63) is 28.8 Å². The van der Waals surface area contributed by atoms with Gasteiger partial charge in [0.15, 0.2) is 0 Å². The highest BCUT2D eigenvalue weighted by molar-refractivity contribution is 6.31. The molecule has 0 aromatic heterocycles. The van der Waals surface area contributed by atoms with Crippen LogP contribution in [0.5, 0.6) is 5.75 Å². The fraction of sp³-hybridized carbons (Fsp3) is 0.182. The first-order chi connectivity index (χ1) is 7.92. The van der Waals surface area contributed by atoms with Crippen molar-refractivity contribution in [3.8, 4) is 17.6 Å². The molecule has 0 N–H and O–H groups in total. The second kappa shape index (κ2) is 5.60. The number of rotatable bonds is 2. The standard InChI is InChI=1S/C11H6ClF3O2/c12-10-7-9(17-11(13,14)15)5-4-8(10)3-1-2-6-16/h4-7H,2H2. The van der Waals surface area contributed by atoms with Crippen LogP contribution in [0.2, 0.25) is 5.02 Å². The van der Waals surface area contributed by atoms with E-state index in [1.165, 1.54) is 6.07 Å². The lowest BCUT2D eigenvalue weighted by Crippen LogP contribution is -2.17. The highest BCUT2D eigenvalue weighted by Gasteiger charge is 2.31. The molecule has 2 nitrogen and oxygen atoms in total. The van der Waals surface area contributed by atoms with Crippen LogP contribution in [0, 0.1) is 11.8 Å². The molecular weight excluding hydrogens is 257 g/mol. The second-order valence-corrected chi connectivity index (χ2v) is 3.27. The van der Waals surface area contributed by atoms with Crippen LogP contribution in [0.15, 0.2) is 18.2 Å². The molecule has 0 radical (unpaired) electrons. The number of benzene rings is 1. The van der Waals surface area contributed by atoms with E-state index in [0.717, 1.165) is 12.1 Å². The van der Waals surface area contributed by atoms with Crippen molar-refractivity contribution in [3.63, 3.8) is 0 Å². The molecule has 0 saturated carbocycles. The van der Waals surface area contributed by atoms with Crippen LogP contribution in [0.3, 0.4) is 0 Å². The van der Waals surface area contributed by atoms with E-state index in [4.69, 9.17) is 11.6 Å². The number of aldehydes is 1. The van der Waals surface area contributed by atoms with Gasteiger partial charge < -0.3 is 9.53 Å². The highest BCUT2D eigenvalue weighted by atomic mass is 35.5. The summed E-state index contributed by atoms with van der Waals surface area (Å²) in [6, 6.07) is 3.41. The minimum Gasteiger partial charge on any atom is -0.406 e. The minimum atomic E-state index is -4.76. The quantitative estimate of drug-likeness (QED) is 0.604. The van der Waals surface area contributed by atoms with Crippen LogP contribution in [-0.2, 0) is 4.79 Å². The van der Waals surface area contributed by atoms with Gasteiger partial charge in [-0.05, 0) is 12.1 Å². The number of carbonyl (C=O) groups excluding carboxylic acids is 1. The summed E-state index contributed by atoms with van der Waals surface area (Å²) in [6.45, 7) is 0. The van der Waals surface area contributed by atoms with Crippen LogP contribution in [0.25, 0.3) is 0 Å². The molecular formula is C11H6ClF3O2. The van der Waals surface area contributed by atoms with Crippen molar-refractivity contribution in [2.24, 2.45) is 0 Å². The summed E-state index contributed by atoms with van der Waals surface area (Å²) in [4.78, 5) is 10.0. The van der Waals surface area contributed by atoms with Crippen molar-refractivity contribution in [2.75, 3.05) is 0 Å². The summed E-state index contributed by atoms with van der Waals surface area (Å²) in [7, 11) is 0. The van der Waals surface area contributed by atoms with Gasteiger partial charge in [0.2, 0.25) is 0 Å². The summed E-state index contributed by atoms with van der Waals surface area (Å²) >= 11 is 5.70. The first kappa shape index (κ1) is 13.4. The fourth-order valence-corrected chi connectivity index (χ4v) is 1.20. The largest absolute Gasteiger partial charge is 0.573 e. The zero-order valence-electron chi connectivity index (χ0n) is 8.34. The van der Waals surface area contributed by atoms with Crippen LogP contribution in [0.4, 0.5) is 13.2 Å². The summed E-state index contributed by atoms with van der Waals surface area (Å²) < 4.78 is 39.3. The lowest BCUT2D eigenvalue weighted by molar-refractivity contribution is -0.274. The predicted octanol–water partition coefficient (Wildman–Crippen LogP) is 3.18. The monoisotopic (exact) mass is 262 g/mol. The van der Waals surface area contributed by atoms with Gasteiger partial charge >= 0.3 is 6.36 Å². The Bertz CT molecular complexity index is 472. The van der Waals surface area contributed by atoms with Gasteiger partial charge in [0.25, 0.3) is 0 Å². The molecule has 0 atom stereocenters. The molecule has 0 fully saturated rings. The van der Waals surface area contributed by atoms with Crippen LogP contribution in [0.1, 0.15) is 12.0 Å². The van der Waals surface area contributed by atoms with E-state index in [9.17, 15) is 18.0 Å². The maximum absolute atomic E-state index is 11.9.